The van der Waals surface area contributed by atoms with E-state index in [2.05, 4.69) is 18.8 Å². The molecule has 2 unspecified atom stereocenters. The maximum absolute atomic E-state index is 12.9. The quantitative estimate of drug-likeness (QED) is 0.845. The first-order valence-corrected chi connectivity index (χ1v) is 9.66. The molecule has 0 saturated carbocycles. The van der Waals surface area contributed by atoms with Crippen LogP contribution in [0.5, 0.6) is 0 Å². The summed E-state index contributed by atoms with van der Waals surface area (Å²) in [7, 11) is 0. The second-order valence-electron chi connectivity index (χ2n) is 7.48. The van der Waals surface area contributed by atoms with Gasteiger partial charge in [-0.1, -0.05) is 13.8 Å². The average Bonchev–Trinajstić information content (AvgIpc) is 2.67. The number of carbonyl (C=O) groups excluding carboxylic acids is 2. The van der Waals surface area contributed by atoms with Crippen LogP contribution < -0.4 is 0 Å². The molecule has 0 aromatic carbocycles. The van der Waals surface area contributed by atoms with E-state index in [4.69, 9.17) is 0 Å². The Labute approximate surface area is 150 Å². The third-order valence-corrected chi connectivity index (χ3v) is 5.53. The zero-order valence-electron chi connectivity index (χ0n) is 15.4. The van der Waals surface area contributed by atoms with Gasteiger partial charge < -0.3 is 9.80 Å². The molecule has 0 radical (unpaired) electrons. The first kappa shape index (κ1) is 17.9. The topological polar surface area (TPSA) is 53.5 Å². The largest absolute Gasteiger partial charge is 0.337 e. The highest BCUT2D eigenvalue weighted by Crippen LogP contribution is 2.22. The number of carbonyl (C=O) groups is 2. The van der Waals surface area contributed by atoms with E-state index in [1.54, 1.807) is 18.3 Å². The molecule has 2 aliphatic rings. The summed E-state index contributed by atoms with van der Waals surface area (Å²) in [5.74, 6) is 0.517. The standard InChI is InChI=1S/C20H29N3O2/c1-3-17-8-4-5-12-23(17)19(24)16-9-10-21-18(13-16)20(25)22-11-6-7-15(2)14-22/h9-10,13,15,17H,3-8,11-12,14H2,1-2H3. The molecule has 2 atom stereocenters. The van der Waals surface area contributed by atoms with Crippen molar-refractivity contribution in [2.75, 3.05) is 19.6 Å². The van der Waals surface area contributed by atoms with E-state index >= 15 is 0 Å². The van der Waals surface area contributed by atoms with E-state index in [-0.39, 0.29) is 11.8 Å². The smallest absolute Gasteiger partial charge is 0.272 e. The lowest BCUT2D eigenvalue weighted by Crippen LogP contribution is -2.43. The molecule has 3 heterocycles. The van der Waals surface area contributed by atoms with Crippen LogP contribution in [0.15, 0.2) is 18.3 Å². The molecule has 0 bridgehead atoms. The monoisotopic (exact) mass is 343 g/mol. The lowest BCUT2D eigenvalue weighted by Gasteiger charge is -2.35. The minimum atomic E-state index is -0.0492. The molecule has 0 N–H and O–H groups in total. The van der Waals surface area contributed by atoms with Crippen LogP contribution in [0.3, 0.4) is 0 Å². The van der Waals surface area contributed by atoms with Crippen LogP contribution >= 0.6 is 0 Å². The number of aromatic nitrogens is 1. The molecule has 25 heavy (non-hydrogen) atoms. The zero-order valence-corrected chi connectivity index (χ0v) is 15.4. The molecule has 5 nitrogen and oxygen atoms in total. The first-order valence-electron chi connectivity index (χ1n) is 9.66. The molecule has 0 aliphatic carbocycles. The molecule has 5 heteroatoms. The summed E-state index contributed by atoms with van der Waals surface area (Å²) in [6, 6.07) is 3.74. The van der Waals surface area contributed by atoms with Crippen molar-refractivity contribution in [1.29, 1.82) is 0 Å². The van der Waals surface area contributed by atoms with Crippen molar-refractivity contribution in [3.63, 3.8) is 0 Å². The van der Waals surface area contributed by atoms with Gasteiger partial charge in [-0.2, -0.15) is 0 Å². The van der Waals surface area contributed by atoms with E-state index in [1.807, 2.05) is 9.80 Å². The molecule has 136 valence electrons. The Kier molecular flexibility index (Phi) is 5.71. The van der Waals surface area contributed by atoms with Crippen molar-refractivity contribution < 1.29 is 9.59 Å². The fraction of sp³-hybridized carbons (Fsp3) is 0.650. The molecule has 1 aromatic rings. The summed E-state index contributed by atoms with van der Waals surface area (Å²) in [5.41, 5.74) is 0.980. The number of amides is 2. The number of piperidine rings is 2. The van der Waals surface area contributed by atoms with E-state index in [0.29, 0.717) is 23.2 Å². The van der Waals surface area contributed by atoms with Crippen LogP contribution in [0.25, 0.3) is 0 Å². The summed E-state index contributed by atoms with van der Waals surface area (Å²) in [5, 5.41) is 0. The number of likely N-dealkylation sites (tertiary alicyclic amines) is 2. The fourth-order valence-corrected chi connectivity index (χ4v) is 4.07. The van der Waals surface area contributed by atoms with Crippen molar-refractivity contribution in [3.05, 3.63) is 29.6 Å². The summed E-state index contributed by atoms with van der Waals surface area (Å²) in [4.78, 5) is 33.8. The van der Waals surface area contributed by atoms with Crippen molar-refractivity contribution in [1.82, 2.24) is 14.8 Å². The second-order valence-corrected chi connectivity index (χ2v) is 7.48. The van der Waals surface area contributed by atoms with Gasteiger partial charge in [-0.3, -0.25) is 14.6 Å². The molecule has 2 aliphatic heterocycles. The van der Waals surface area contributed by atoms with Crippen molar-refractivity contribution >= 4 is 11.8 Å². The Morgan fingerprint density at radius 2 is 2.00 bits per heavy atom. The number of pyridine rings is 1. The normalized spacial score (nSPS) is 24.2. The van der Waals surface area contributed by atoms with Gasteiger partial charge in [0.05, 0.1) is 0 Å². The third-order valence-electron chi connectivity index (χ3n) is 5.53. The predicted molar refractivity (Wildman–Crippen MR) is 97.5 cm³/mol. The zero-order chi connectivity index (χ0) is 17.8. The van der Waals surface area contributed by atoms with Gasteiger partial charge in [-0.05, 0) is 56.6 Å². The SMILES string of the molecule is CCC1CCCCN1C(=O)c1ccnc(C(=O)N2CCCC(C)C2)c1. The molecule has 2 saturated heterocycles. The Bertz CT molecular complexity index is 631. The first-order chi connectivity index (χ1) is 12.1. The predicted octanol–water partition coefficient (Wildman–Crippen LogP) is 3.36. The molecule has 2 amide bonds. The maximum atomic E-state index is 12.9. The Hall–Kier alpha value is -1.91. The minimum Gasteiger partial charge on any atom is -0.337 e. The third kappa shape index (κ3) is 4.02. The van der Waals surface area contributed by atoms with Gasteiger partial charge in [-0.25, -0.2) is 0 Å². The number of hydrogen-bond acceptors (Lipinski definition) is 3. The van der Waals surface area contributed by atoms with Gasteiger partial charge in [0.15, 0.2) is 0 Å². The lowest BCUT2D eigenvalue weighted by atomic mass is 9.98. The highest BCUT2D eigenvalue weighted by atomic mass is 16.2. The highest BCUT2D eigenvalue weighted by Gasteiger charge is 2.28. The lowest BCUT2D eigenvalue weighted by molar-refractivity contribution is 0.0607. The van der Waals surface area contributed by atoms with Gasteiger partial charge in [0.1, 0.15) is 5.69 Å². The van der Waals surface area contributed by atoms with Crippen LogP contribution in [-0.2, 0) is 0 Å². The summed E-state index contributed by atoms with van der Waals surface area (Å²) in [6.45, 7) is 6.69. The van der Waals surface area contributed by atoms with E-state index in [1.165, 1.54) is 12.8 Å². The van der Waals surface area contributed by atoms with Gasteiger partial charge in [0, 0.05) is 37.4 Å². The molecule has 1 aromatic heterocycles. The highest BCUT2D eigenvalue weighted by molar-refractivity contribution is 5.98. The van der Waals surface area contributed by atoms with Crippen molar-refractivity contribution in [3.8, 4) is 0 Å². The maximum Gasteiger partial charge on any atom is 0.272 e. The number of rotatable bonds is 3. The van der Waals surface area contributed by atoms with Crippen molar-refractivity contribution in [2.24, 2.45) is 5.92 Å². The molecule has 0 spiro atoms. The van der Waals surface area contributed by atoms with Crippen LogP contribution in [0.1, 0.15) is 73.2 Å². The number of hydrogen-bond donors (Lipinski definition) is 0. The molecule has 2 fully saturated rings. The minimum absolute atomic E-state index is 0.0370. The van der Waals surface area contributed by atoms with Gasteiger partial charge in [0.25, 0.3) is 11.8 Å². The van der Waals surface area contributed by atoms with Crippen molar-refractivity contribution in [2.45, 2.75) is 58.4 Å². The van der Waals surface area contributed by atoms with Crippen LogP contribution in [0, 0.1) is 5.92 Å². The van der Waals surface area contributed by atoms with Gasteiger partial charge in [-0.15, -0.1) is 0 Å². The van der Waals surface area contributed by atoms with E-state index < -0.39 is 0 Å². The van der Waals surface area contributed by atoms with Gasteiger partial charge >= 0.3 is 0 Å². The Balaban J connectivity index is 1.76. The van der Waals surface area contributed by atoms with Crippen LogP contribution in [0.2, 0.25) is 0 Å². The summed E-state index contributed by atoms with van der Waals surface area (Å²) in [6.07, 6.45) is 8.11. The summed E-state index contributed by atoms with van der Waals surface area (Å²) >= 11 is 0. The van der Waals surface area contributed by atoms with E-state index in [0.717, 1.165) is 45.3 Å². The second kappa shape index (κ2) is 7.98. The number of nitrogens with zero attached hydrogens (tertiary/aromatic N) is 3. The van der Waals surface area contributed by atoms with Crippen LogP contribution in [0.4, 0.5) is 0 Å². The fourth-order valence-electron chi connectivity index (χ4n) is 4.07. The van der Waals surface area contributed by atoms with Crippen LogP contribution in [-0.4, -0.2) is 52.3 Å². The molecule has 3 rings (SSSR count). The molecular weight excluding hydrogens is 314 g/mol. The van der Waals surface area contributed by atoms with E-state index in [9.17, 15) is 9.59 Å². The molecular formula is C20H29N3O2. The average molecular weight is 343 g/mol. The van der Waals surface area contributed by atoms with Gasteiger partial charge in [0.2, 0.25) is 0 Å². The Morgan fingerprint density at radius 3 is 2.76 bits per heavy atom. The summed E-state index contributed by atoms with van der Waals surface area (Å²) < 4.78 is 0. The Morgan fingerprint density at radius 1 is 1.16 bits per heavy atom.